The van der Waals surface area contributed by atoms with Crippen LogP contribution in [0, 0.1) is 6.92 Å². The van der Waals surface area contributed by atoms with Crippen LogP contribution in [0.25, 0.3) is 0 Å². The van der Waals surface area contributed by atoms with Gasteiger partial charge in [-0.3, -0.25) is 0 Å². The fourth-order valence-electron chi connectivity index (χ4n) is 2.60. The maximum Gasteiger partial charge on any atom is 0.240 e. The van der Waals surface area contributed by atoms with Gasteiger partial charge in [-0.2, -0.15) is 0 Å². The average molecular weight is 399 g/mol. The van der Waals surface area contributed by atoms with Crippen molar-refractivity contribution < 1.29 is 13.2 Å². The Hall–Kier alpha value is -3.17. The molecule has 0 saturated carbocycles. The zero-order valence-electron chi connectivity index (χ0n) is 15.7. The highest BCUT2D eigenvalue weighted by Gasteiger charge is 2.11. The molecule has 0 unspecified atom stereocenters. The molecule has 0 aliphatic rings. The van der Waals surface area contributed by atoms with Gasteiger partial charge in [0.25, 0.3) is 0 Å². The summed E-state index contributed by atoms with van der Waals surface area (Å²) in [4.78, 5) is 8.57. The smallest absolute Gasteiger partial charge is 0.240 e. The maximum atomic E-state index is 12.0. The topological polar surface area (TPSA) is 105 Å². The third-order valence-electron chi connectivity index (χ3n) is 4.02. The summed E-state index contributed by atoms with van der Waals surface area (Å²) in [5.41, 5.74) is 2.47. The molecule has 3 aromatic rings. The molecule has 146 valence electrons. The molecule has 0 amide bonds. The minimum atomic E-state index is -3.52. The lowest BCUT2D eigenvalue weighted by Gasteiger charge is -2.11. The van der Waals surface area contributed by atoms with Crippen molar-refractivity contribution in [2.75, 3.05) is 24.8 Å². The first-order valence-corrected chi connectivity index (χ1v) is 9.94. The monoisotopic (exact) mass is 399 g/mol. The zero-order chi connectivity index (χ0) is 20.1. The van der Waals surface area contributed by atoms with Gasteiger partial charge in [0.1, 0.15) is 23.7 Å². The second-order valence-corrected chi connectivity index (χ2v) is 7.84. The molecule has 9 heteroatoms. The quantitative estimate of drug-likeness (QED) is 0.560. The Labute approximate surface area is 164 Å². The van der Waals surface area contributed by atoms with E-state index in [4.69, 9.17) is 4.74 Å². The van der Waals surface area contributed by atoms with E-state index in [1.807, 2.05) is 25.1 Å². The molecule has 0 aliphatic heterocycles. The van der Waals surface area contributed by atoms with E-state index in [9.17, 15) is 8.42 Å². The van der Waals surface area contributed by atoms with Gasteiger partial charge in [0.2, 0.25) is 10.0 Å². The number of methoxy groups -OCH3 is 1. The summed E-state index contributed by atoms with van der Waals surface area (Å²) < 4.78 is 31.5. The zero-order valence-corrected chi connectivity index (χ0v) is 16.5. The number of nitrogens with zero attached hydrogens (tertiary/aromatic N) is 2. The minimum Gasteiger partial charge on any atom is -0.496 e. The van der Waals surface area contributed by atoms with Crippen LogP contribution in [0.3, 0.4) is 0 Å². The van der Waals surface area contributed by atoms with Gasteiger partial charge in [-0.25, -0.2) is 23.1 Å². The molecule has 0 atom stereocenters. The Bertz CT molecular complexity index is 1090. The summed E-state index contributed by atoms with van der Waals surface area (Å²) in [5.74, 6) is 1.94. The van der Waals surface area contributed by atoms with Crippen molar-refractivity contribution in [1.82, 2.24) is 14.7 Å². The van der Waals surface area contributed by atoms with Crippen LogP contribution in [0.5, 0.6) is 5.75 Å². The number of ether oxygens (including phenoxy) is 1. The van der Waals surface area contributed by atoms with Gasteiger partial charge >= 0.3 is 0 Å². The van der Waals surface area contributed by atoms with Gasteiger partial charge in [0.15, 0.2) is 0 Å². The van der Waals surface area contributed by atoms with Crippen molar-refractivity contribution >= 4 is 33.0 Å². The van der Waals surface area contributed by atoms with Crippen molar-refractivity contribution in [3.05, 3.63) is 60.4 Å². The Morgan fingerprint density at radius 1 is 0.929 bits per heavy atom. The second-order valence-electron chi connectivity index (χ2n) is 5.96. The summed E-state index contributed by atoms with van der Waals surface area (Å²) in [5, 5.41) is 6.31. The van der Waals surface area contributed by atoms with Crippen molar-refractivity contribution in [3.63, 3.8) is 0 Å². The van der Waals surface area contributed by atoms with E-state index in [0.717, 1.165) is 17.0 Å². The molecule has 0 saturated heterocycles. The third kappa shape index (κ3) is 4.56. The van der Waals surface area contributed by atoms with Crippen molar-refractivity contribution in [2.45, 2.75) is 11.8 Å². The standard InChI is InChI=1S/C19H21N5O3S/c1-13-9-15(7-8-17(13)27-3)24-19-11-18(21-12-22-19)23-14-5-4-6-16(10-14)28(25,26)20-2/h4-12,20H,1-3H3,(H2,21,22,23,24). The fraction of sp³-hybridized carbons (Fsp3) is 0.158. The Morgan fingerprint density at radius 3 is 2.21 bits per heavy atom. The largest absolute Gasteiger partial charge is 0.496 e. The predicted octanol–water partition coefficient (Wildman–Crippen LogP) is 3.19. The molecule has 0 radical (unpaired) electrons. The molecular weight excluding hydrogens is 378 g/mol. The molecule has 0 bridgehead atoms. The highest BCUT2D eigenvalue weighted by atomic mass is 32.2. The summed E-state index contributed by atoms with van der Waals surface area (Å²) in [6.45, 7) is 1.96. The lowest BCUT2D eigenvalue weighted by molar-refractivity contribution is 0.412. The van der Waals surface area contributed by atoms with E-state index in [1.54, 1.807) is 25.3 Å². The average Bonchev–Trinajstić information content (AvgIpc) is 2.69. The van der Waals surface area contributed by atoms with Gasteiger partial charge in [0.05, 0.1) is 12.0 Å². The van der Waals surface area contributed by atoms with Gasteiger partial charge < -0.3 is 15.4 Å². The SMILES string of the molecule is CNS(=O)(=O)c1cccc(Nc2cc(Nc3ccc(OC)c(C)c3)ncn2)c1. The van der Waals surface area contributed by atoms with E-state index < -0.39 is 10.0 Å². The van der Waals surface area contributed by atoms with Gasteiger partial charge in [-0.1, -0.05) is 6.07 Å². The Kier molecular flexibility index (Phi) is 5.76. The number of rotatable bonds is 7. The van der Waals surface area contributed by atoms with Crippen LogP contribution in [-0.2, 0) is 10.0 Å². The molecule has 2 aromatic carbocycles. The lowest BCUT2D eigenvalue weighted by Crippen LogP contribution is -2.18. The van der Waals surface area contributed by atoms with Crippen LogP contribution < -0.4 is 20.1 Å². The van der Waals surface area contributed by atoms with E-state index in [0.29, 0.717) is 17.3 Å². The first-order chi connectivity index (χ1) is 13.4. The van der Waals surface area contributed by atoms with Crippen LogP contribution in [0.2, 0.25) is 0 Å². The minimum absolute atomic E-state index is 0.168. The van der Waals surface area contributed by atoms with E-state index in [-0.39, 0.29) is 4.90 Å². The number of sulfonamides is 1. The van der Waals surface area contributed by atoms with Gasteiger partial charge in [-0.15, -0.1) is 0 Å². The molecule has 3 N–H and O–H groups in total. The Balaban J connectivity index is 1.79. The summed E-state index contributed by atoms with van der Waals surface area (Å²) >= 11 is 0. The van der Waals surface area contributed by atoms with Crippen molar-refractivity contribution in [3.8, 4) is 5.75 Å². The van der Waals surface area contributed by atoms with Crippen LogP contribution in [-0.4, -0.2) is 32.5 Å². The molecule has 1 heterocycles. The highest BCUT2D eigenvalue weighted by Crippen LogP contribution is 2.25. The summed E-state index contributed by atoms with van der Waals surface area (Å²) in [6, 6.07) is 13.9. The number of anilines is 4. The summed E-state index contributed by atoms with van der Waals surface area (Å²) in [7, 11) is -0.510. The molecule has 8 nitrogen and oxygen atoms in total. The number of hydrogen-bond acceptors (Lipinski definition) is 7. The van der Waals surface area contributed by atoms with Crippen LogP contribution in [0.1, 0.15) is 5.56 Å². The first-order valence-electron chi connectivity index (χ1n) is 8.45. The number of hydrogen-bond donors (Lipinski definition) is 3. The predicted molar refractivity (Wildman–Crippen MR) is 109 cm³/mol. The molecule has 0 fully saturated rings. The highest BCUT2D eigenvalue weighted by molar-refractivity contribution is 7.89. The molecular formula is C19H21N5O3S. The lowest BCUT2D eigenvalue weighted by atomic mass is 10.2. The second kappa shape index (κ2) is 8.24. The summed E-state index contributed by atoms with van der Waals surface area (Å²) in [6.07, 6.45) is 1.43. The van der Waals surface area contributed by atoms with Crippen LogP contribution >= 0.6 is 0 Å². The fourth-order valence-corrected chi connectivity index (χ4v) is 3.38. The van der Waals surface area contributed by atoms with E-state index >= 15 is 0 Å². The first kappa shape index (κ1) is 19.6. The Morgan fingerprint density at radius 2 is 1.61 bits per heavy atom. The van der Waals surface area contributed by atoms with E-state index in [2.05, 4.69) is 25.3 Å². The molecule has 3 rings (SSSR count). The number of aromatic nitrogens is 2. The van der Waals surface area contributed by atoms with Crippen LogP contribution in [0.4, 0.5) is 23.0 Å². The molecule has 28 heavy (non-hydrogen) atoms. The number of nitrogens with one attached hydrogen (secondary N) is 3. The maximum absolute atomic E-state index is 12.0. The van der Waals surface area contributed by atoms with Crippen molar-refractivity contribution in [1.29, 1.82) is 0 Å². The van der Waals surface area contributed by atoms with Gasteiger partial charge in [0, 0.05) is 17.4 Å². The number of aryl methyl sites for hydroxylation is 1. The normalized spacial score (nSPS) is 11.1. The third-order valence-corrected chi connectivity index (χ3v) is 5.43. The van der Waals surface area contributed by atoms with Crippen LogP contribution in [0.15, 0.2) is 59.8 Å². The van der Waals surface area contributed by atoms with Gasteiger partial charge in [-0.05, 0) is 55.9 Å². The number of benzene rings is 2. The van der Waals surface area contributed by atoms with Crippen molar-refractivity contribution in [2.24, 2.45) is 0 Å². The van der Waals surface area contributed by atoms with E-state index in [1.165, 1.54) is 25.5 Å². The molecule has 0 aliphatic carbocycles. The molecule has 1 aromatic heterocycles. The molecule has 0 spiro atoms.